The van der Waals surface area contributed by atoms with E-state index in [2.05, 4.69) is 5.32 Å². The second-order valence-corrected chi connectivity index (χ2v) is 7.11. The first-order chi connectivity index (χ1) is 14.5. The molecule has 1 saturated heterocycles. The monoisotopic (exact) mass is 443 g/mol. The van der Waals surface area contributed by atoms with E-state index in [1.165, 1.54) is 35.1 Å². The minimum absolute atomic E-state index is 0.0561. The fraction of sp³-hybridized carbons (Fsp3) is 0.450. The van der Waals surface area contributed by atoms with E-state index in [1.54, 1.807) is 0 Å². The van der Waals surface area contributed by atoms with Gasteiger partial charge in [0.2, 0.25) is 17.7 Å². The molecule has 31 heavy (non-hydrogen) atoms. The van der Waals surface area contributed by atoms with Gasteiger partial charge in [0.1, 0.15) is 6.04 Å². The number of carbonyl (C=O) groups is 3. The van der Waals surface area contributed by atoms with Crippen molar-refractivity contribution in [2.24, 2.45) is 0 Å². The van der Waals surface area contributed by atoms with Crippen molar-refractivity contribution in [3.05, 3.63) is 41.5 Å². The summed E-state index contributed by atoms with van der Waals surface area (Å²) >= 11 is 0. The number of aliphatic hydroxyl groups excluding tert-OH is 2. The fourth-order valence-electron chi connectivity index (χ4n) is 3.12. The molecule has 3 amide bonds. The van der Waals surface area contributed by atoms with Crippen LogP contribution in [0.25, 0.3) is 6.08 Å². The van der Waals surface area contributed by atoms with Gasteiger partial charge in [-0.2, -0.15) is 13.2 Å². The molecule has 2 atom stereocenters. The summed E-state index contributed by atoms with van der Waals surface area (Å²) in [5, 5.41) is 21.2. The fourth-order valence-corrected chi connectivity index (χ4v) is 3.12. The van der Waals surface area contributed by atoms with Crippen molar-refractivity contribution in [1.82, 2.24) is 15.1 Å². The number of nitrogens with zero attached hydrogens (tertiary/aromatic N) is 2. The number of aliphatic hydroxyl groups is 2. The van der Waals surface area contributed by atoms with Crippen LogP contribution in [0.5, 0.6) is 0 Å². The van der Waals surface area contributed by atoms with Crippen molar-refractivity contribution >= 4 is 23.8 Å². The molecule has 3 N–H and O–H groups in total. The Morgan fingerprint density at radius 3 is 2.48 bits per heavy atom. The van der Waals surface area contributed by atoms with Gasteiger partial charge in [0.25, 0.3) is 0 Å². The van der Waals surface area contributed by atoms with E-state index in [4.69, 9.17) is 5.11 Å². The molecule has 1 fully saturated rings. The molecule has 0 spiro atoms. The van der Waals surface area contributed by atoms with Crippen LogP contribution in [0.2, 0.25) is 0 Å². The summed E-state index contributed by atoms with van der Waals surface area (Å²) in [6.45, 7) is -0.637. The third kappa shape index (κ3) is 6.79. The van der Waals surface area contributed by atoms with Crippen LogP contribution >= 0.6 is 0 Å². The van der Waals surface area contributed by atoms with Gasteiger partial charge in [-0.1, -0.05) is 12.1 Å². The highest BCUT2D eigenvalue weighted by Crippen LogP contribution is 2.29. The number of hydrogen-bond donors (Lipinski definition) is 3. The molecule has 8 nitrogen and oxygen atoms in total. The number of likely N-dealkylation sites (tertiary alicyclic amines) is 1. The van der Waals surface area contributed by atoms with Crippen molar-refractivity contribution in [2.75, 3.05) is 33.3 Å². The van der Waals surface area contributed by atoms with E-state index in [-0.39, 0.29) is 26.1 Å². The number of hydrogen-bond acceptors (Lipinski definition) is 5. The minimum atomic E-state index is -4.45. The van der Waals surface area contributed by atoms with Gasteiger partial charge in [-0.3, -0.25) is 14.4 Å². The van der Waals surface area contributed by atoms with Crippen molar-refractivity contribution in [3.63, 3.8) is 0 Å². The maximum absolute atomic E-state index is 12.6. The summed E-state index contributed by atoms with van der Waals surface area (Å²) in [7, 11) is 1.47. The van der Waals surface area contributed by atoms with Gasteiger partial charge in [0, 0.05) is 32.6 Å². The second kappa shape index (κ2) is 10.4. The zero-order valence-electron chi connectivity index (χ0n) is 16.8. The van der Waals surface area contributed by atoms with Gasteiger partial charge < -0.3 is 25.3 Å². The predicted molar refractivity (Wildman–Crippen MR) is 104 cm³/mol. The Bertz CT molecular complexity index is 826. The van der Waals surface area contributed by atoms with Crippen LogP contribution in [0.3, 0.4) is 0 Å². The van der Waals surface area contributed by atoms with Crippen LogP contribution < -0.4 is 5.32 Å². The van der Waals surface area contributed by atoms with Gasteiger partial charge in [0.15, 0.2) is 0 Å². The largest absolute Gasteiger partial charge is 0.416 e. The highest BCUT2D eigenvalue weighted by molar-refractivity contribution is 5.95. The number of β-amino-alcohol motifs (C(OH)–C–C–N with tert-alkyl or cyclic N) is 1. The Kier molecular flexibility index (Phi) is 8.17. The van der Waals surface area contributed by atoms with E-state index in [1.807, 2.05) is 0 Å². The van der Waals surface area contributed by atoms with E-state index >= 15 is 0 Å². The molecule has 0 unspecified atom stereocenters. The van der Waals surface area contributed by atoms with Gasteiger partial charge >= 0.3 is 6.18 Å². The normalized spacial score (nSPS) is 19.0. The Balaban J connectivity index is 1.91. The predicted octanol–water partition coefficient (Wildman–Crippen LogP) is 0.247. The van der Waals surface area contributed by atoms with Crippen molar-refractivity contribution in [3.8, 4) is 0 Å². The minimum Gasteiger partial charge on any atom is -0.395 e. The lowest BCUT2D eigenvalue weighted by molar-refractivity contribution is -0.143. The number of nitrogens with one attached hydrogen (secondary N) is 1. The molecule has 1 aromatic carbocycles. The summed E-state index contributed by atoms with van der Waals surface area (Å²) in [6.07, 6.45) is -2.89. The molecule has 0 bridgehead atoms. The van der Waals surface area contributed by atoms with Crippen molar-refractivity contribution < 1.29 is 37.8 Å². The van der Waals surface area contributed by atoms with Crippen molar-refractivity contribution in [2.45, 2.75) is 24.7 Å². The van der Waals surface area contributed by atoms with Crippen LogP contribution in [0.15, 0.2) is 30.3 Å². The molecule has 0 radical (unpaired) electrons. The topological polar surface area (TPSA) is 110 Å². The number of likely N-dealkylation sites (N-methyl/N-ethyl adjacent to an activating group) is 1. The maximum atomic E-state index is 12.6. The van der Waals surface area contributed by atoms with Gasteiger partial charge in [-0.25, -0.2) is 0 Å². The van der Waals surface area contributed by atoms with E-state index in [0.29, 0.717) is 5.56 Å². The zero-order valence-corrected chi connectivity index (χ0v) is 16.8. The molecule has 0 aromatic heterocycles. The number of halogens is 3. The molecule has 0 aliphatic carbocycles. The molecule has 1 aliphatic heterocycles. The number of benzene rings is 1. The number of carbonyl (C=O) groups excluding carboxylic acids is 3. The maximum Gasteiger partial charge on any atom is 0.416 e. The van der Waals surface area contributed by atoms with Crippen LogP contribution in [-0.2, 0) is 20.6 Å². The first-order valence-electron chi connectivity index (χ1n) is 9.49. The van der Waals surface area contributed by atoms with E-state index < -0.39 is 48.2 Å². The Labute approximate surface area is 176 Å². The molecule has 2 rings (SSSR count). The van der Waals surface area contributed by atoms with Crippen LogP contribution in [0, 0.1) is 0 Å². The highest BCUT2D eigenvalue weighted by Gasteiger charge is 2.39. The highest BCUT2D eigenvalue weighted by atomic mass is 19.4. The Morgan fingerprint density at radius 2 is 1.90 bits per heavy atom. The molecule has 1 aliphatic rings. The second-order valence-electron chi connectivity index (χ2n) is 7.11. The molecule has 0 saturated carbocycles. The first-order valence-corrected chi connectivity index (χ1v) is 9.49. The molecule has 170 valence electrons. The first kappa shape index (κ1) is 24.4. The standard InChI is InChI=1S/C20H24F3N3O5/c1-25(8-9-27)19(31)16-10-15(28)12-26(16)18(30)11-24-17(29)7-4-13-2-5-14(6-3-13)20(21,22)23/h2-7,15-16,27-28H,8-12H2,1H3,(H,24,29)/b7-4+/t15-,16-/m1/s1. The average molecular weight is 443 g/mol. The van der Waals surface area contributed by atoms with Crippen LogP contribution in [0.4, 0.5) is 13.2 Å². The SMILES string of the molecule is CN(CCO)C(=O)[C@H]1C[C@@H](O)CN1C(=O)CNC(=O)/C=C/c1ccc(C(F)(F)F)cc1. The quantitative estimate of drug-likeness (QED) is 0.524. The number of alkyl halides is 3. The number of rotatable bonds is 7. The van der Waals surface area contributed by atoms with E-state index in [9.17, 15) is 32.7 Å². The molecule has 1 heterocycles. The van der Waals surface area contributed by atoms with E-state index in [0.717, 1.165) is 18.2 Å². The lowest BCUT2D eigenvalue weighted by Gasteiger charge is -2.27. The number of amides is 3. The average Bonchev–Trinajstić information content (AvgIpc) is 3.11. The smallest absolute Gasteiger partial charge is 0.395 e. The van der Waals surface area contributed by atoms with Gasteiger partial charge in [0.05, 0.1) is 24.8 Å². The molecular formula is C20H24F3N3O5. The van der Waals surface area contributed by atoms with Gasteiger partial charge in [-0.05, 0) is 23.8 Å². The summed E-state index contributed by atoms with van der Waals surface area (Å²) in [4.78, 5) is 39.2. The molecule has 1 aromatic rings. The Hall–Kier alpha value is -2.92. The summed E-state index contributed by atoms with van der Waals surface area (Å²) < 4.78 is 37.7. The third-order valence-electron chi connectivity index (χ3n) is 4.78. The molecular weight excluding hydrogens is 419 g/mol. The van der Waals surface area contributed by atoms with Crippen molar-refractivity contribution in [1.29, 1.82) is 0 Å². The molecule has 11 heteroatoms. The summed E-state index contributed by atoms with van der Waals surface area (Å²) in [5.41, 5.74) is -0.434. The lowest BCUT2D eigenvalue weighted by Crippen LogP contribution is -2.49. The van der Waals surface area contributed by atoms with Crippen LogP contribution in [-0.4, -0.2) is 83.2 Å². The lowest BCUT2D eigenvalue weighted by atomic mass is 10.1. The van der Waals surface area contributed by atoms with Crippen LogP contribution in [0.1, 0.15) is 17.5 Å². The summed E-state index contributed by atoms with van der Waals surface area (Å²) in [6, 6.07) is 3.32. The Morgan fingerprint density at radius 1 is 1.26 bits per heavy atom. The zero-order chi connectivity index (χ0) is 23.2. The third-order valence-corrected chi connectivity index (χ3v) is 4.78. The van der Waals surface area contributed by atoms with Gasteiger partial charge in [-0.15, -0.1) is 0 Å². The summed E-state index contributed by atoms with van der Waals surface area (Å²) in [5.74, 6) is -1.63.